The number of nitrogens with one attached hydrogen (secondary N) is 1. The van der Waals surface area contributed by atoms with E-state index in [1.807, 2.05) is 6.92 Å². The van der Waals surface area contributed by atoms with E-state index in [0.29, 0.717) is 31.3 Å². The van der Waals surface area contributed by atoms with Crippen LogP contribution in [0.2, 0.25) is 0 Å². The molecule has 1 amide bonds. The van der Waals surface area contributed by atoms with Crippen molar-refractivity contribution < 1.29 is 14.7 Å². The third-order valence-electron chi connectivity index (χ3n) is 3.59. The minimum atomic E-state index is -0.875. The van der Waals surface area contributed by atoms with Crippen LogP contribution in [-0.2, 0) is 9.59 Å². The molecule has 0 aromatic carbocycles. The Hall–Kier alpha value is -1.10. The van der Waals surface area contributed by atoms with E-state index in [1.165, 1.54) is 0 Å². The third-order valence-corrected chi connectivity index (χ3v) is 3.59. The Morgan fingerprint density at radius 3 is 2.68 bits per heavy atom. The van der Waals surface area contributed by atoms with Crippen LogP contribution >= 0.6 is 0 Å². The molecular formula is C14H26N2O3. The van der Waals surface area contributed by atoms with Gasteiger partial charge in [0.1, 0.15) is 6.04 Å². The lowest BCUT2D eigenvalue weighted by atomic mass is 9.92. The lowest BCUT2D eigenvalue weighted by Gasteiger charge is -2.36. The number of carbonyl (C=O) groups excluding carboxylic acids is 1. The van der Waals surface area contributed by atoms with Crippen LogP contribution in [0.3, 0.4) is 0 Å². The SMILES string of the molecule is CC1CCN(C(=O)CCCNC(C)C)C(C(=O)O)C1. The van der Waals surface area contributed by atoms with Crippen molar-refractivity contribution >= 4 is 11.9 Å². The molecule has 2 N–H and O–H groups in total. The number of nitrogens with zero attached hydrogens (tertiary/aromatic N) is 1. The van der Waals surface area contributed by atoms with Gasteiger partial charge in [-0.3, -0.25) is 4.79 Å². The topological polar surface area (TPSA) is 69.6 Å². The van der Waals surface area contributed by atoms with Gasteiger partial charge in [0.05, 0.1) is 0 Å². The molecule has 19 heavy (non-hydrogen) atoms. The number of hydrogen-bond donors (Lipinski definition) is 2. The third kappa shape index (κ3) is 5.19. The molecule has 0 radical (unpaired) electrons. The summed E-state index contributed by atoms with van der Waals surface area (Å²) < 4.78 is 0. The summed E-state index contributed by atoms with van der Waals surface area (Å²) in [6.07, 6.45) is 2.67. The van der Waals surface area contributed by atoms with Crippen LogP contribution < -0.4 is 5.32 Å². The minimum Gasteiger partial charge on any atom is -0.480 e. The summed E-state index contributed by atoms with van der Waals surface area (Å²) in [5.41, 5.74) is 0. The number of carboxylic acids is 1. The molecule has 0 saturated carbocycles. The summed E-state index contributed by atoms with van der Waals surface area (Å²) >= 11 is 0. The van der Waals surface area contributed by atoms with E-state index in [-0.39, 0.29) is 5.91 Å². The van der Waals surface area contributed by atoms with E-state index >= 15 is 0 Å². The fourth-order valence-electron chi connectivity index (χ4n) is 2.45. The Bertz CT molecular complexity index is 318. The van der Waals surface area contributed by atoms with Gasteiger partial charge in [0.2, 0.25) is 5.91 Å². The van der Waals surface area contributed by atoms with Crippen LogP contribution in [0, 0.1) is 5.92 Å². The molecule has 0 aliphatic carbocycles. The Labute approximate surface area is 115 Å². The van der Waals surface area contributed by atoms with E-state index in [2.05, 4.69) is 19.2 Å². The Morgan fingerprint density at radius 1 is 1.42 bits per heavy atom. The average molecular weight is 270 g/mol. The Morgan fingerprint density at radius 2 is 2.11 bits per heavy atom. The highest BCUT2D eigenvalue weighted by atomic mass is 16.4. The van der Waals surface area contributed by atoms with Crippen LogP contribution in [0.15, 0.2) is 0 Å². The van der Waals surface area contributed by atoms with Crippen LogP contribution in [0.1, 0.15) is 46.5 Å². The average Bonchev–Trinajstić information content (AvgIpc) is 2.33. The number of rotatable bonds is 6. The van der Waals surface area contributed by atoms with Gasteiger partial charge in [-0.05, 0) is 31.7 Å². The smallest absolute Gasteiger partial charge is 0.326 e. The van der Waals surface area contributed by atoms with Gasteiger partial charge >= 0.3 is 5.97 Å². The maximum atomic E-state index is 12.1. The quantitative estimate of drug-likeness (QED) is 0.717. The minimum absolute atomic E-state index is 0.0233. The molecule has 5 heteroatoms. The molecular weight excluding hydrogens is 244 g/mol. The van der Waals surface area contributed by atoms with Gasteiger partial charge in [0, 0.05) is 19.0 Å². The van der Waals surface area contributed by atoms with Crippen LogP contribution in [0.25, 0.3) is 0 Å². The molecule has 2 atom stereocenters. The van der Waals surface area contributed by atoms with Crippen molar-refractivity contribution in [2.45, 2.75) is 58.5 Å². The number of hydrogen-bond acceptors (Lipinski definition) is 3. The fourth-order valence-corrected chi connectivity index (χ4v) is 2.45. The summed E-state index contributed by atoms with van der Waals surface area (Å²) in [6.45, 7) is 7.55. The zero-order chi connectivity index (χ0) is 14.4. The second kappa shape index (κ2) is 7.48. The van der Waals surface area contributed by atoms with Crippen molar-refractivity contribution in [3.63, 3.8) is 0 Å². The molecule has 1 fully saturated rings. The molecule has 5 nitrogen and oxygen atoms in total. The van der Waals surface area contributed by atoms with E-state index in [0.717, 1.165) is 19.4 Å². The predicted molar refractivity (Wildman–Crippen MR) is 73.9 cm³/mol. The normalized spacial score (nSPS) is 23.7. The maximum absolute atomic E-state index is 12.1. The summed E-state index contributed by atoms with van der Waals surface area (Å²) in [6, 6.07) is -0.216. The van der Waals surface area contributed by atoms with E-state index in [4.69, 9.17) is 0 Å². The molecule has 1 rings (SSSR count). The number of aliphatic carboxylic acids is 1. The van der Waals surface area contributed by atoms with Crippen molar-refractivity contribution in [3.05, 3.63) is 0 Å². The molecule has 0 spiro atoms. The molecule has 0 aromatic heterocycles. The summed E-state index contributed by atoms with van der Waals surface area (Å²) in [7, 11) is 0. The van der Waals surface area contributed by atoms with Gasteiger partial charge in [-0.25, -0.2) is 4.79 Å². The van der Waals surface area contributed by atoms with Gasteiger partial charge in [-0.1, -0.05) is 20.8 Å². The van der Waals surface area contributed by atoms with E-state index in [1.54, 1.807) is 4.90 Å². The van der Waals surface area contributed by atoms with E-state index in [9.17, 15) is 14.7 Å². The van der Waals surface area contributed by atoms with Gasteiger partial charge in [0.15, 0.2) is 0 Å². The van der Waals surface area contributed by atoms with Crippen LogP contribution in [0.4, 0.5) is 0 Å². The van der Waals surface area contributed by atoms with Crippen molar-refractivity contribution in [2.24, 2.45) is 5.92 Å². The molecule has 1 saturated heterocycles. The Balaban J connectivity index is 2.43. The number of likely N-dealkylation sites (tertiary alicyclic amines) is 1. The highest BCUT2D eigenvalue weighted by Crippen LogP contribution is 2.23. The maximum Gasteiger partial charge on any atom is 0.326 e. The largest absolute Gasteiger partial charge is 0.480 e. The number of piperidine rings is 1. The second-order valence-electron chi connectivity index (χ2n) is 5.78. The summed E-state index contributed by atoms with van der Waals surface area (Å²) in [4.78, 5) is 24.9. The van der Waals surface area contributed by atoms with Gasteiger partial charge in [-0.15, -0.1) is 0 Å². The molecule has 0 bridgehead atoms. The van der Waals surface area contributed by atoms with Crippen LogP contribution in [-0.4, -0.2) is 47.1 Å². The standard InChI is InChI=1S/C14H26N2O3/c1-10(2)15-7-4-5-13(17)16-8-6-11(3)9-12(16)14(18)19/h10-12,15H,4-9H2,1-3H3,(H,18,19). The summed E-state index contributed by atoms with van der Waals surface area (Å²) in [5.74, 6) is -0.516. The Kier molecular flexibility index (Phi) is 6.28. The predicted octanol–water partition coefficient (Wildman–Crippen LogP) is 1.48. The monoisotopic (exact) mass is 270 g/mol. The zero-order valence-corrected chi connectivity index (χ0v) is 12.2. The van der Waals surface area contributed by atoms with E-state index < -0.39 is 12.0 Å². The molecule has 1 heterocycles. The van der Waals surface area contributed by atoms with Gasteiger partial charge in [0.25, 0.3) is 0 Å². The van der Waals surface area contributed by atoms with Crippen molar-refractivity contribution in [2.75, 3.05) is 13.1 Å². The fraction of sp³-hybridized carbons (Fsp3) is 0.857. The van der Waals surface area contributed by atoms with Gasteiger partial charge in [-0.2, -0.15) is 0 Å². The molecule has 110 valence electrons. The van der Waals surface area contributed by atoms with Gasteiger partial charge < -0.3 is 15.3 Å². The van der Waals surface area contributed by atoms with Crippen molar-refractivity contribution in [1.82, 2.24) is 10.2 Å². The zero-order valence-electron chi connectivity index (χ0n) is 12.2. The van der Waals surface area contributed by atoms with Crippen molar-refractivity contribution in [3.8, 4) is 0 Å². The lowest BCUT2D eigenvalue weighted by molar-refractivity contribution is -0.153. The first-order chi connectivity index (χ1) is 8.91. The highest BCUT2D eigenvalue weighted by molar-refractivity contribution is 5.83. The molecule has 2 unspecified atom stereocenters. The first kappa shape index (κ1) is 16.0. The molecule has 1 aliphatic rings. The molecule has 1 aliphatic heterocycles. The first-order valence-corrected chi connectivity index (χ1v) is 7.17. The first-order valence-electron chi connectivity index (χ1n) is 7.17. The number of carbonyl (C=O) groups is 2. The van der Waals surface area contributed by atoms with Crippen molar-refractivity contribution in [1.29, 1.82) is 0 Å². The highest BCUT2D eigenvalue weighted by Gasteiger charge is 2.34. The second-order valence-corrected chi connectivity index (χ2v) is 5.78. The van der Waals surface area contributed by atoms with Crippen LogP contribution in [0.5, 0.6) is 0 Å². The number of amides is 1. The lowest BCUT2D eigenvalue weighted by Crippen LogP contribution is -2.49. The summed E-state index contributed by atoms with van der Waals surface area (Å²) in [5, 5.41) is 12.5. The molecule has 0 aromatic rings. The number of carboxylic acid groups (broad SMARTS) is 1.